The molecule has 0 aliphatic carbocycles. The Balaban J connectivity index is 1.46. The van der Waals surface area contributed by atoms with Crippen molar-refractivity contribution in [1.29, 1.82) is 0 Å². The summed E-state index contributed by atoms with van der Waals surface area (Å²) in [5.41, 5.74) is 1.50. The number of hydrogen-bond donors (Lipinski definition) is 1. The SMILES string of the molecule is O=C(Cn1cccn1)N1CCCN(c2ncnc3nc[nH]c23)CC1. The number of amides is 1. The molecule has 1 saturated heterocycles. The lowest BCUT2D eigenvalue weighted by Crippen LogP contribution is -2.37. The largest absolute Gasteiger partial charge is 0.353 e. The average Bonchev–Trinajstić information content (AvgIpc) is 3.21. The lowest BCUT2D eigenvalue weighted by molar-refractivity contribution is -0.131. The molecule has 0 atom stereocenters. The van der Waals surface area contributed by atoms with Gasteiger partial charge in [-0.1, -0.05) is 0 Å². The monoisotopic (exact) mass is 326 g/mol. The molecule has 1 N–H and O–H groups in total. The summed E-state index contributed by atoms with van der Waals surface area (Å²) in [4.78, 5) is 32.3. The summed E-state index contributed by atoms with van der Waals surface area (Å²) in [7, 11) is 0. The van der Waals surface area contributed by atoms with Gasteiger partial charge in [0, 0.05) is 38.6 Å². The minimum atomic E-state index is 0.0925. The van der Waals surface area contributed by atoms with E-state index in [1.165, 1.54) is 6.33 Å². The van der Waals surface area contributed by atoms with E-state index >= 15 is 0 Å². The van der Waals surface area contributed by atoms with Crippen LogP contribution in [0.1, 0.15) is 6.42 Å². The Hall–Kier alpha value is -2.97. The van der Waals surface area contributed by atoms with Gasteiger partial charge in [-0.15, -0.1) is 0 Å². The predicted octanol–water partition coefficient (Wildman–Crippen LogP) is 0.288. The number of imidazole rings is 1. The molecule has 1 aliphatic rings. The molecular formula is C15H18N8O. The van der Waals surface area contributed by atoms with Crippen molar-refractivity contribution in [1.82, 2.24) is 34.6 Å². The van der Waals surface area contributed by atoms with Gasteiger partial charge in [0.25, 0.3) is 0 Å². The summed E-state index contributed by atoms with van der Waals surface area (Å²) in [6.45, 7) is 3.27. The zero-order chi connectivity index (χ0) is 16.4. The van der Waals surface area contributed by atoms with Crippen molar-refractivity contribution in [3.05, 3.63) is 31.1 Å². The first-order chi connectivity index (χ1) is 11.8. The predicted molar refractivity (Wildman–Crippen MR) is 87.3 cm³/mol. The van der Waals surface area contributed by atoms with Crippen LogP contribution in [0.2, 0.25) is 0 Å². The smallest absolute Gasteiger partial charge is 0.244 e. The fourth-order valence-corrected chi connectivity index (χ4v) is 3.00. The summed E-state index contributed by atoms with van der Waals surface area (Å²) in [5, 5.41) is 4.10. The third-order valence-electron chi connectivity index (χ3n) is 4.21. The third kappa shape index (κ3) is 2.80. The van der Waals surface area contributed by atoms with Crippen LogP contribution in [0.5, 0.6) is 0 Å². The Morgan fingerprint density at radius 1 is 1.17 bits per heavy atom. The van der Waals surface area contributed by atoms with E-state index in [-0.39, 0.29) is 12.5 Å². The maximum absolute atomic E-state index is 12.4. The number of carbonyl (C=O) groups is 1. The molecule has 3 aromatic rings. The van der Waals surface area contributed by atoms with Crippen LogP contribution in [-0.4, -0.2) is 66.7 Å². The van der Waals surface area contributed by atoms with E-state index in [4.69, 9.17) is 0 Å². The Labute approximate surface area is 138 Å². The molecule has 0 bridgehead atoms. The topological polar surface area (TPSA) is 95.8 Å². The molecule has 1 aliphatic heterocycles. The molecule has 4 rings (SSSR count). The first kappa shape index (κ1) is 14.6. The van der Waals surface area contributed by atoms with Gasteiger partial charge in [-0.05, 0) is 12.5 Å². The molecule has 24 heavy (non-hydrogen) atoms. The van der Waals surface area contributed by atoms with Gasteiger partial charge >= 0.3 is 0 Å². The number of nitrogens with one attached hydrogen (secondary N) is 1. The van der Waals surface area contributed by atoms with E-state index in [1.54, 1.807) is 23.4 Å². The number of hydrogen-bond acceptors (Lipinski definition) is 6. The van der Waals surface area contributed by atoms with Crippen molar-refractivity contribution in [3.8, 4) is 0 Å². The molecule has 0 aromatic carbocycles. The molecule has 0 saturated carbocycles. The van der Waals surface area contributed by atoms with Crippen LogP contribution in [0, 0.1) is 0 Å². The molecular weight excluding hydrogens is 308 g/mol. The standard InChI is InChI=1S/C15H18N8O/c24-12(9-23-6-1-3-20-23)21-4-2-5-22(8-7-21)15-13-14(17-10-16-13)18-11-19-15/h1,3,6,10-11H,2,4-5,7-9H2,(H,16,17,18,19). The quantitative estimate of drug-likeness (QED) is 0.743. The first-order valence-electron chi connectivity index (χ1n) is 7.95. The van der Waals surface area contributed by atoms with Gasteiger partial charge < -0.3 is 14.8 Å². The van der Waals surface area contributed by atoms with E-state index in [0.717, 1.165) is 37.4 Å². The van der Waals surface area contributed by atoms with E-state index in [0.29, 0.717) is 12.2 Å². The highest BCUT2D eigenvalue weighted by Gasteiger charge is 2.21. The fourth-order valence-electron chi connectivity index (χ4n) is 3.00. The second-order valence-electron chi connectivity index (χ2n) is 5.72. The summed E-state index contributed by atoms with van der Waals surface area (Å²) in [6, 6.07) is 1.82. The minimum absolute atomic E-state index is 0.0925. The van der Waals surface area contributed by atoms with Gasteiger partial charge in [-0.3, -0.25) is 9.48 Å². The fraction of sp³-hybridized carbons (Fsp3) is 0.400. The van der Waals surface area contributed by atoms with Crippen LogP contribution in [-0.2, 0) is 11.3 Å². The molecule has 3 aromatic heterocycles. The molecule has 0 spiro atoms. The lowest BCUT2D eigenvalue weighted by atomic mass is 10.3. The first-order valence-corrected chi connectivity index (χ1v) is 7.95. The Morgan fingerprint density at radius 2 is 2.12 bits per heavy atom. The Bertz CT molecular complexity index is 827. The Morgan fingerprint density at radius 3 is 3.00 bits per heavy atom. The minimum Gasteiger partial charge on any atom is -0.353 e. The number of carbonyl (C=O) groups excluding carboxylic acids is 1. The number of aromatic nitrogens is 6. The summed E-state index contributed by atoms with van der Waals surface area (Å²) in [5.74, 6) is 0.939. The number of aromatic amines is 1. The van der Waals surface area contributed by atoms with Gasteiger partial charge in [0.05, 0.1) is 6.33 Å². The van der Waals surface area contributed by atoms with Crippen molar-refractivity contribution in [2.24, 2.45) is 0 Å². The average molecular weight is 326 g/mol. The highest BCUT2D eigenvalue weighted by atomic mass is 16.2. The van der Waals surface area contributed by atoms with Crippen molar-refractivity contribution in [2.45, 2.75) is 13.0 Å². The molecule has 0 unspecified atom stereocenters. The van der Waals surface area contributed by atoms with Crippen LogP contribution >= 0.6 is 0 Å². The van der Waals surface area contributed by atoms with Gasteiger partial charge in [-0.2, -0.15) is 5.10 Å². The van der Waals surface area contributed by atoms with Gasteiger partial charge in [0.15, 0.2) is 11.5 Å². The van der Waals surface area contributed by atoms with Crippen molar-refractivity contribution in [3.63, 3.8) is 0 Å². The van der Waals surface area contributed by atoms with Gasteiger partial charge in [0.2, 0.25) is 5.91 Å². The van der Waals surface area contributed by atoms with Crippen LogP contribution < -0.4 is 4.90 Å². The second kappa shape index (κ2) is 6.26. The molecule has 1 amide bonds. The zero-order valence-electron chi connectivity index (χ0n) is 13.2. The lowest BCUT2D eigenvalue weighted by Gasteiger charge is -2.23. The number of fused-ring (bicyclic) bond motifs is 1. The molecule has 124 valence electrons. The molecule has 0 radical (unpaired) electrons. The van der Waals surface area contributed by atoms with Crippen LogP contribution in [0.3, 0.4) is 0 Å². The number of nitrogens with zero attached hydrogens (tertiary/aromatic N) is 7. The van der Waals surface area contributed by atoms with Crippen LogP contribution in [0.4, 0.5) is 5.82 Å². The zero-order valence-corrected chi connectivity index (χ0v) is 13.2. The van der Waals surface area contributed by atoms with Crippen molar-refractivity contribution >= 4 is 22.9 Å². The number of H-pyrrole nitrogens is 1. The number of anilines is 1. The van der Waals surface area contributed by atoms with Crippen LogP contribution in [0.25, 0.3) is 11.2 Å². The van der Waals surface area contributed by atoms with Gasteiger partial charge in [0.1, 0.15) is 18.4 Å². The van der Waals surface area contributed by atoms with E-state index in [2.05, 4.69) is 29.9 Å². The Kier molecular flexibility index (Phi) is 3.81. The van der Waals surface area contributed by atoms with E-state index < -0.39 is 0 Å². The van der Waals surface area contributed by atoms with E-state index in [1.807, 2.05) is 11.0 Å². The van der Waals surface area contributed by atoms with Crippen molar-refractivity contribution in [2.75, 3.05) is 31.1 Å². The summed E-state index contributed by atoms with van der Waals surface area (Å²) in [6.07, 6.45) is 7.54. The highest BCUT2D eigenvalue weighted by Crippen LogP contribution is 2.21. The molecule has 4 heterocycles. The molecule has 9 heteroatoms. The molecule has 9 nitrogen and oxygen atoms in total. The third-order valence-corrected chi connectivity index (χ3v) is 4.21. The van der Waals surface area contributed by atoms with Gasteiger partial charge in [-0.25, -0.2) is 15.0 Å². The maximum Gasteiger partial charge on any atom is 0.244 e. The maximum atomic E-state index is 12.4. The summed E-state index contributed by atoms with van der Waals surface area (Å²) >= 11 is 0. The second-order valence-corrected chi connectivity index (χ2v) is 5.72. The number of rotatable bonds is 3. The normalized spacial score (nSPS) is 15.7. The molecule has 1 fully saturated rings. The van der Waals surface area contributed by atoms with Crippen molar-refractivity contribution < 1.29 is 4.79 Å². The van der Waals surface area contributed by atoms with Crippen LogP contribution in [0.15, 0.2) is 31.1 Å². The summed E-state index contributed by atoms with van der Waals surface area (Å²) < 4.78 is 1.66. The van der Waals surface area contributed by atoms with E-state index in [9.17, 15) is 4.79 Å². The highest BCUT2D eigenvalue weighted by molar-refractivity contribution is 5.82.